The van der Waals surface area contributed by atoms with E-state index >= 15 is 0 Å². The van der Waals surface area contributed by atoms with E-state index in [1.165, 1.54) is 13.8 Å². The number of ketones is 4. The van der Waals surface area contributed by atoms with Crippen molar-refractivity contribution < 1.29 is 28.8 Å². The van der Waals surface area contributed by atoms with Crippen LogP contribution in [0.1, 0.15) is 67.2 Å². The Morgan fingerprint density at radius 1 is 0.605 bits per heavy atom. The molecule has 4 atom stereocenters. The molecule has 0 saturated carbocycles. The van der Waals surface area contributed by atoms with E-state index in [0.717, 1.165) is 0 Å². The molecule has 0 radical (unpaired) electrons. The highest BCUT2D eigenvalue weighted by atomic mass is 16.2. The molecule has 0 aliphatic rings. The molecule has 0 bridgehead atoms. The van der Waals surface area contributed by atoms with E-state index in [0.29, 0.717) is 24.7 Å². The Morgan fingerprint density at radius 2 is 0.895 bits per heavy atom. The summed E-state index contributed by atoms with van der Waals surface area (Å²) in [6, 6.07) is -2.12. The van der Waals surface area contributed by atoms with Crippen LogP contribution in [0.15, 0.2) is 0 Å². The Bertz CT molecular complexity index is 722. The maximum atomic E-state index is 11.6. The van der Waals surface area contributed by atoms with E-state index in [2.05, 4.69) is 21.3 Å². The Kier molecular flexibility index (Phi) is 20.2. The molecule has 0 spiro atoms. The first-order valence-electron chi connectivity index (χ1n) is 13.0. The van der Waals surface area contributed by atoms with Crippen molar-refractivity contribution >= 4 is 34.9 Å². The summed E-state index contributed by atoms with van der Waals surface area (Å²) in [5, 5.41) is 10.5. The number of likely N-dealkylation sites (N-methyl/N-ethyl adjacent to an activating group) is 2. The maximum absolute atomic E-state index is 11.6. The van der Waals surface area contributed by atoms with Crippen molar-refractivity contribution in [2.45, 2.75) is 91.4 Å². The summed E-state index contributed by atoms with van der Waals surface area (Å²) >= 11 is 0. The van der Waals surface area contributed by atoms with Crippen LogP contribution < -0.4 is 32.7 Å². The fourth-order valence-electron chi connectivity index (χ4n) is 3.33. The molecule has 0 aromatic heterocycles. The van der Waals surface area contributed by atoms with Crippen LogP contribution in [0.25, 0.3) is 0 Å². The van der Waals surface area contributed by atoms with Crippen LogP contribution in [0.5, 0.6) is 0 Å². The molecule has 220 valence electrons. The van der Waals surface area contributed by atoms with E-state index < -0.39 is 24.2 Å². The van der Waals surface area contributed by atoms with E-state index in [1.54, 1.807) is 14.1 Å². The van der Waals surface area contributed by atoms with Gasteiger partial charge < -0.3 is 32.7 Å². The van der Waals surface area contributed by atoms with Crippen LogP contribution in [0.3, 0.4) is 0 Å². The minimum Gasteiger partial charge on any atom is -0.349 e. The molecule has 38 heavy (non-hydrogen) atoms. The number of amides is 2. The molecule has 0 aliphatic heterocycles. The smallest absolute Gasteiger partial charge is 0.222 e. The highest BCUT2D eigenvalue weighted by molar-refractivity contribution is 5.93. The summed E-state index contributed by atoms with van der Waals surface area (Å²) in [6.07, 6.45) is 1.25. The highest BCUT2D eigenvalue weighted by Crippen LogP contribution is 2.04. The van der Waals surface area contributed by atoms with Crippen molar-refractivity contribution in [3.05, 3.63) is 0 Å². The third-order valence-electron chi connectivity index (χ3n) is 5.65. The van der Waals surface area contributed by atoms with Crippen LogP contribution in [0.2, 0.25) is 0 Å². The Hall–Kier alpha value is -2.54. The third kappa shape index (κ3) is 18.7. The number of carbonyl (C=O) groups is 6. The molecule has 0 rings (SSSR count). The van der Waals surface area contributed by atoms with Crippen molar-refractivity contribution in [3.63, 3.8) is 0 Å². The molecule has 0 fully saturated rings. The molecule has 0 saturated heterocycles. The second kappa shape index (κ2) is 20.4. The molecule has 4 unspecified atom stereocenters. The average molecular weight is 543 g/mol. The van der Waals surface area contributed by atoms with Crippen molar-refractivity contribution in [1.82, 2.24) is 21.3 Å². The Labute approximate surface area is 227 Å². The molecule has 0 heterocycles. The molecule has 12 nitrogen and oxygen atoms in total. The van der Waals surface area contributed by atoms with Crippen LogP contribution >= 0.6 is 0 Å². The zero-order valence-corrected chi connectivity index (χ0v) is 24.3. The zero-order chi connectivity index (χ0) is 30.0. The zero-order valence-electron chi connectivity index (χ0n) is 24.3. The Morgan fingerprint density at radius 3 is 1.11 bits per heavy atom. The standard InChI is InChI=1S/2C13H25N3O3/c2*1-8(2)5-10(14)12(18)7-16-13(19)6-11(15-4)9(3)17/h2*8,10-11,15H,5-7,14H2,1-4H3,(H,16,19). The first-order chi connectivity index (χ1) is 17.5. The number of hydrogen-bond donors (Lipinski definition) is 6. The van der Waals surface area contributed by atoms with E-state index in [9.17, 15) is 28.8 Å². The van der Waals surface area contributed by atoms with Crippen molar-refractivity contribution in [3.8, 4) is 0 Å². The molecule has 0 aromatic rings. The second-order valence-electron chi connectivity index (χ2n) is 10.3. The quantitative estimate of drug-likeness (QED) is 0.128. The normalized spacial score (nSPS) is 14.0. The van der Waals surface area contributed by atoms with Gasteiger partial charge in [-0.1, -0.05) is 27.7 Å². The van der Waals surface area contributed by atoms with Gasteiger partial charge in [-0.15, -0.1) is 0 Å². The monoisotopic (exact) mass is 542 g/mol. The topological polar surface area (TPSA) is 203 Å². The van der Waals surface area contributed by atoms with Crippen LogP contribution in [0, 0.1) is 11.8 Å². The van der Waals surface area contributed by atoms with Gasteiger partial charge >= 0.3 is 0 Å². The number of rotatable bonds is 18. The second-order valence-corrected chi connectivity index (χ2v) is 10.3. The van der Waals surface area contributed by atoms with Gasteiger partial charge in [0.15, 0.2) is 11.6 Å². The van der Waals surface area contributed by atoms with Crippen molar-refractivity contribution in [2.75, 3.05) is 27.2 Å². The maximum Gasteiger partial charge on any atom is 0.222 e. The fraction of sp³-hybridized carbons (Fsp3) is 0.769. The van der Waals surface area contributed by atoms with E-state index in [4.69, 9.17) is 11.5 Å². The summed E-state index contributed by atoms with van der Waals surface area (Å²) < 4.78 is 0. The van der Waals surface area contributed by atoms with Gasteiger partial charge in [-0.3, -0.25) is 28.8 Å². The largest absolute Gasteiger partial charge is 0.349 e. The van der Waals surface area contributed by atoms with Gasteiger partial charge in [0.2, 0.25) is 11.8 Å². The minimum absolute atomic E-state index is 0.0263. The van der Waals surface area contributed by atoms with Crippen LogP contribution in [-0.2, 0) is 28.8 Å². The lowest BCUT2D eigenvalue weighted by atomic mass is 10.0. The average Bonchev–Trinajstić information content (AvgIpc) is 2.81. The summed E-state index contributed by atoms with van der Waals surface area (Å²) in [5.74, 6) is -0.598. The van der Waals surface area contributed by atoms with Gasteiger partial charge in [0, 0.05) is 12.8 Å². The van der Waals surface area contributed by atoms with Crippen LogP contribution in [0.4, 0.5) is 0 Å². The van der Waals surface area contributed by atoms with Gasteiger partial charge in [0.05, 0.1) is 37.3 Å². The predicted molar refractivity (Wildman–Crippen MR) is 147 cm³/mol. The number of hydrogen-bond acceptors (Lipinski definition) is 10. The van der Waals surface area contributed by atoms with E-state index in [-0.39, 0.29) is 60.9 Å². The molecular formula is C26H50N6O6. The Balaban J connectivity index is 0. The third-order valence-corrected chi connectivity index (χ3v) is 5.65. The molecule has 2 amide bonds. The first-order valence-corrected chi connectivity index (χ1v) is 13.0. The van der Waals surface area contributed by atoms with Gasteiger partial charge in [-0.2, -0.15) is 0 Å². The van der Waals surface area contributed by atoms with Gasteiger partial charge in [-0.05, 0) is 52.6 Å². The van der Waals surface area contributed by atoms with Crippen molar-refractivity contribution in [1.29, 1.82) is 0 Å². The molecule has 0 aliphatic carbocycles. The molecule has 12 heteroatoms. The SMILES string of the molecule is CNC(CC(=O)NCC(=O)C(N)CC(C)C)C(C)=O.CNC(CC(=O)NCC(=O)C(N)CC(C)C)C(C)=O. The lowest BCUT2D eigenvalue weighted by Gasteiger charge is -2.15. The van der Waals surface area contributed by atoms with Gasteiger partial charge in [0.1, 0.15) is 11.6 Å². The van der Waals surface area contributed by atoms with Gasteiger partial charge in [-0.25, -0.2) is 0 Å². The summed E-state index contributed by atoms with van der Waals surface area (Å²) in [7, 11) is 3.23. The van der Waals surface area contributed by atoms with Gasteiger partial charge in [0.25, 0.3) is 0 Å². The number of carbonyl (C=O) groups excluding carboxylic acids is 6. The summed E-state index contributed by atoms with van der Waals surface area (Å²) in [4.78, 5) is 68.7. The number of nitrogens with one attached hydrogen (secondary N) is 4. The lowest BCUT2D eigenvalue weighted by molar-refractivity contribution is -0.128. The fourth-order valence-corrected chi connectivity index (χ4v) is 3.33. The molecule has 8 N–H and O–H groups in total. The first kappa shape index (κ1) is 37.6. The number of Topliss-reactive ketones (excluding diaryl/α,β-unsaturated/α-hetero) is 4. The summed E-state index contributed by atoms with van der Waals surface area (Å²) in [6.45, 7) is 10.6. The van der Waals surface area contributed by atoms with E-state index in [1.807, 2.05) is 27.7 Å². The number of nitrogens with two attached hydrogens (primary N) is 2. The van der Waals surface area contributed by atoms with Crippen molar-refractivity contribution in [2.24, 2.45) is 23.3 Å². The summed E-state index contributed by atoms with van der Waals surface area (Å²) in [5.41, 5.74) is 11.4. The molecule has 0 aromatic carbocycles. The van der Waals surface area contributed by atoms with Crippen LogP contribution in [-0.4, -0.2) is 86.3 Å². The minimum atomic E-state index is -0.548. The lowest BCUT2D eigenvalue weighted by Crippen LogP contribution is -2.43. The highest BCUT2D eigenvalue weighted by Gasteiger charge is 2.20. The predicted octanol–water partition coefficient (Wildman–Crippen LogP) is -0.776. The molecular weight excluding hydrogens is 492 g/mol.